The van der Waals surface area contributed by atoms with E-state index in [9.17, 15) is 0 Å². The van der Waals surface area contributed by atoms with Gasteiger partial charge < -0.3 is 16.4 Å². The Morgan fingerprint density at radius 1 is 1.23 bits per heavy atom. The Bertz CT molecular complexity index is 345. The van der Waals surface area contributed by atoms with E-state index in [1.807, 2.05) is 29.2 Å². The topological polar surface area (TPSA) is 67.6 Å². The monoisotopic (exact) mass is 176 g/mol. The number of guanidine groups is 1. The second kappa shape index (κ2) is 2.97. The van der Waals surface area contributed by atoms with Gasteiger partial charge in [0.15, 0.2) is 5.96 Å². The number of nitrogen functional groups attached to an aromatic ring is 1. The number of benzene rings is 1. The van der Waals surface area contributed by atoms with Crippen molar-refractivity contribution in [1.82, 2.24) is 0 Å². The van der Waals surface area contributed by atoms with E-state index in [4.69, 9.17) is 11.5 Å². The highest BCUT2D eigenvalue weighted by molar-refractivity contribution is 5.98. The fraction of sp³-hybridized carbons (Fsp3) is 0.222. The minimum absolute atomic E-state index is 0.554. The molecule has 4 nitrogen and oxygen atoms in total. The van der Waals surface area contributed by atoms with Crippen molar-refractivity contribution in [2.45, 2.75) is 0 Å². The van der Waals surface area contributed by atoms with Crippen LogP contribution in [0, 0.1) is 0 Å². The number of nitrogens with two attached hydrogens (primary N) is 2. The zero-order valence-electron chi connectivity index (χ0n) is 7.27. The average Bonchev–Trinajstić information content (AvgIpc) is 2.52. The normalized spacial score (nSPS) is 16.0. The number of anilines is 2. The fourth-order valence-corrected chi connectivity index (χ4v) is 1.44. The van der Waals surface area contributed by atoms with Crippen molar-refractivity contribution < 1.29 is 0 Å². The predicted molar refractivity (Wildman–Crippen MR) is 54.7 cm³/mol. The van der Waals surface area contributed by atoms with Crippen LogP contribution in [-0.2, 0) is 0 Å². The summed E-state index contributed by atoms with van der Waals surface area (Å²) < 4.78 is 0. The molecule has 0 saturated heterocycles. The molecule has 1 aliphatic rings. The van der Waals surface area contributed by atoms with Gasteiger partial charge in [0.2, 0.25) is 0 Å². The summed E-state index contributed by atoms with van der Waals surface area (Å²) in [7, 11) is 0. The fourth-order valence-electron chi connectivity index (χ4n) is 1.44. The lowest BCUT2D eigenvalue weighted by Gasteiger charge is -2.18. The molecule has 0 saturated carbocycles. The second-order valence-electron chi connectivity index (χ2n) is 2.95. The van der Waals surface area contributed by atoms with E-state index in [1.165, 1.54) is 0 Å². The highest BCUT2D eigenvalue weighted by Gasteiger charge is 2.16. The van der Waals surface area contributed by atoms with Crippen LogP contribution in [0.1, 0.15) is 0 Å². The third-order valence-electron chi connectivity index (χ3n) is 2.10. The maximum atomic E-state index is 5.81. The molecule has 0 aliphatic carbocycles. The summed E-state index contributed by atoms with van der Waals surface area (Å²) in [6.07, 6.45) is 0. The first kappa shape index (κ1) is 7.91. The van der Waals surface area contributed by atoms with Crippen molar-refractivity contribution in [3.8, 4) is 0 Å². The molecule has 4 heteroatoms. The van der Waals surface area contributed by atoms with Gasteiger partial charge in [0.05, 0.1) is 17.9 Å². The molecule has 0 unspecified atom stereocenters. The largest absolute Gasteiger partial charge is 0.397 e. The lowest BCUT2D eigenvalue weighted by Crippen LogP contribution is -2.34. The molecule has 68 valence electrons. The Balaban J connectivity index is 2.36. The average molecular weight is 176 g/mol. The van der Waals surface area contributed by atoms with Crippen LogP contribution in [0.5, 0.6) is 0 Å². The van der Waals surface area contributed by atoms with E-state index in [1.54, 1.807) is 0 Å². The lowest BCUT2D eigenvalue weighted by atomic mass is 10.2. The number of hydrogen-bond acceptors (Lipinski definition) is 4. The van der Waals surface area contributed by atoms with Crippen molar-refractivity contribution in [3.05, 3.63) is 24.3 Å². The van der Waals surface area contributed by atoms with E-state index in [0.717, 1.165) is 24.5 Å². The van der Waals surface area contributed by atoms with Gasteiger partial charge in [-0.3, -0.25) is 4.99 Å². The Morgan fingerprint density at radius 2 is 2.00 bits per heavy atom. The SMILES string of the molecule is NC1=NCCN1c1ccccc1N. The van der Waals surface area contributed by atoms with Crippen molar-refractivity contribution in [3.63, 3.8) is 0 Å². The van der Waals surface area contributed by atoms with Crippen LogP contribution in [0.2, 0.25) is 0 Å². The zero-order chi connectivity index (χ0) is 9.26. The van der Waals surface area contributed by atoms with Gasteiger partial charge in [-0.25, -0.2) is 0 Å². The molecule has 0 bridgehead atoms. The highest BCUT2D eigenvalue weighted by atomic mass is 15.3. The van der Waals surface area contributed by atoms with Gasteiger partial charge in [-0.1, -0.05) is 12.1 Å². The van der Waals surface area contributed by atoms with Gasteiger partial charge in [0, 0.05) is 6.54 Å². The molecular formula is C9H12N4. The van der Waals surface area contributed by atoms with Crippen molar-refractivity contribution >= 4 is 17.3 Å². The summed E-state index contributed by atoms with van der Waals surface area (Å²) in [4.78, 5) is 6.03. The van der Waals surface area contributed by atoms with E-state index >= 15 is 0 Å². The van der Waals surface area contributed by atoms with Crippen molar-refractivity contribution in [2.24, 2.45) is 10.7 Å². The minimum atomic E-state index is 0.554. The highest BCUT2D eigenvalue weighted by Crippen LogP contribution is 2.23. The van der Waals surface area contributed by atoms with Crippen LogP contribution in [0.3, 0.4) is 0 Å². The summed E-state index contributed by atoms with van der Waals surface area (Å²) in [5, 5.41) is 0. The van der Waals surface area contributed by atoms with Crippen LogP contribution in [0.4, 0.5) is 11.4 Å². The summed E-state index contributed by atoms with van der Waals surface area (Å²) in [5.74, 6) is 0.554. The van der Waals surface area contributed by atoms with E-state index in [2.05, 4.69) is 4.99 Å². The van der Waals surface area contributed by atoms with Crippen molar-refractivity contribution in [1.29, 1.82) is 0 Å². The van der Waals surface area contributed by atoms with Gasteiger partial charge in [-0.15, -0.1) is 0 Å². The third-order valence-corrected chi connectivity index (χ3v) is 2.10. The molecule has 1 aromatic rings. The molecule has 13 heavy (non-hydrogen) atoms. The smallest absolute Gasteiger partial charge is 0.196 e. The molecule has 1 aliphatic heterocycles. The molecule has 2 rings (SSSR count). The number of nitrogens with zero attached hydrogens (tertiary/aromatic N) is 2. The summed E-state index contributed by atoms with van der Waals surface area (Å²) in [6.45, 7) is 1.57. The van der Waals surface area contributed by atoms with E-state index in [-0.39, 0.29) is 0 Å². The zero-order valence-corrected chi connectivity index (χ0v) is 7.27. The first-order valence-electron chi connectivity index (χ1n) is 4.21. The van der Waals surface area contributed by atoms with Crippen LogP contribution < -0.4 is 16.4 Å². The molecular weight excluding hydrogens is 164 g/mol. The van der Waals surface area contributed by atoms with Crippen LogP contribution in [-0.4, -0.2) is 19.0 Å². The molecule has 0 fully saturated rings. The first-order chi connectivity index (χ1) is 6.29. The molecule has 1 heterocycles. The molecule has 0 spiro atoms. The maximum absolute atomic E-state index is 5.81. The molecule has 4 N–H and O–H groups in total. The Kier molecular flexibility index (Phi) is 1.81. The second-order valence-corrected chi connectivity index (χ2v) is 2.95. The molecule has 0 aromatic heterocycles. The first-order valence-corrected chi connectivity index (χ1v) is 4.21. The predicted octanol–water partition coefficient (Wildman–Crippen LogP) is 0.403. The standard InChI is InChI=1S/C9H12N4/c10-7-3-1-2-4-8(7)13-6-5-12-9(13)11/h1-4H,5-6,10H2,(H2,11,12). The van der Waals surface area contributed by atoms with Crippen LogP contribution in [0.25, 0.3) is 0 Å². The number of para-hydroxylation sites is 2. The number of hydrogen-bond donors (Lipinski definition) is 2. The summed E-state index contributed by atoms with van der Waals surface area (Å²) in [5.41, 5.74) is 13.2. The molecule has 0 atom stereocenters. The van der Waals surface area contributed by atoms with E-state index in [0.29, 0.717) is 5.96 Å². The quantitative estimate of drug-likeness (QED) is 0.609. The van der Waals surface area contributed by atoms with Gasteiger partial charge >= 0.3 is 0 Å². The summed E-state index contributed by atoms with van der Waals surface area (Å²) in [6, 6.07) is 7.66. The Hall–Kier alpha value is -1.71. The third kappa shape index (κ3) is 1.30. The molecule has 0 amide bonds. The minimum Gasteiger partial charge on any atom is -0.397 e. The summed E-state index contributed by atoms with van der Waals surface area (Å²) >= 11 is 0. The van der Waals surface area contributed by atoms with E-state index < -0.39 is 0 Å². The molecule has 0 radical (unpaired) electrons. The molecule has 1 aromatic carbocycles. The lowest BCUT2D eigenvalue weighted by molar-refractivity contribution is 1.02. The maximum Gasteiger partial charge on any atom is 0.196 e. The van der Waals surface area contributed by atoms with Gasteiger partial charge in [-0.05, 0) is 12.1 Å². The van der Waals surface area contributed by atoms with Crippen LogP contribution in [0.15, 0.2) is 29.3 Å². The Morgan fingerprint density at radius 3 is 2.62 bits per heavy atom. The van der Waals surface area contributed by atoms with Crippen LogP contribution >= 0.6 is 0 Å². The number of aliphatic imine (C=N–C) groups is 1. The van der Waals surface area contributed by atoms with Gasteiger partial charge in [0.25, 0.3) is 0 Å². The Labute approximate surface area is 76.9 Å². The van der Waals surface area contributed by atoms with Gasteiger partial charge in [-0.2, -0.15) is 0 Å². The van der Waals surface area contributed by atoms with Gasteiger partial charge in [0.1, 0.15) is 0 Å². The number of rotatable bonds is 1. The van der Waals surface area contributed by atoms with Crippen molar-refractivity contribution in [2.75, 3.05) is 23.7 Å².